The number of carbonyl (C=O) groups is 1. The SMILES string of the molecule is C#C[C@](N)(Cc1ccccc1OC)C(=O)O. The highest BCUT2D eigenvalue weighted by atomic mass is 16.5. The van der Waals surface area contributed by atoms with E-state index in [0.717, 1.165) is 0 Å². The van der Waals surface area contributed by atoms with Gasteiger partial charge in [-0.15, -0.1) is 6.42 Å². The zero-order valence-electron chi connectivity index (χ0n) is 8.93. The summed E-state index contributed by atoms with van der Waals surface area (Å²) in [5, 5.41) is 8.95. The third-order valence-electron chi connectivity index (χ3n) is 2.30. The molecule has 0 aliphatic rings. The number of benzene rings is 1. The number of hydrogen-bond acceptors (Lipinski definition) is 3. The van der Waals surface area contributed by atoms with Crippen molar-refractivity contribution in [1.29, 1.82) is 0 Å². The Kier molecular flexibility index (Phi) is 3.54. The number of aliphatic carboxylic acids is 1. The molecule has 0 spiro atoms. The van der Waals surface area contributed by atoms with E-state index in [2.05, 4.69) is 5.92 Å². The fraction of sp³-hybridized carbons (Fsp3) is 0.250. The molecule has 1 aromatic rings. The molecule has 0 aliphatic heterocycles. The molecule has 84 valence electrons. The van der Waals surface area contributed by atoms with Crippen molar-refractivity contribution in [3.05, 3.63) is 29.8 Å². The van der Waals surface area contributed by atoms with Crippen LogP contribution in [0.5, 0.6) is 5.75 Å². The van der Waals surface area contributed by atoms with Crippen molar-refractivity contribution in [3.63, 3.8) is 0 Å². The molecule has 4 nitrogen and oxygen atoms in total. The normalized spacial score (nSPS) is 13.6. The van der Waals surface area contributed by atoms with Crippen LogP contribution in [0.1, 0.15) is 5.56 Å². The number of rotatable bonds is 4. The molecule has 0 heterocycles. The number of carboxylic acid groups (broad SMARTS) is 1. The summed E-state index contributed by atoms with van der Waals surface area (Å²) in [5.41, 5.74) is 4.58. The highest BCUT2D eigenvalue weighted by molar-refractivity contribution is 5.83. The Hall–Kier alpha value is -1.99. The zero-order chi connectivity index (χ0) is 12.2. The van der Waals surface area contributed by atoms with E-state index in [-0.39, 0.29) is 6.42 Å². The maximum atomic E-state index is 10.9. The van der Waals surface area contributed by atoms with Gasteiger partial charge in [0.15, 0.2) is 5.54 Å². The van der Waals surface area contributed by atoms with Gasteiger partial charge >= 0.3 is 5.97 Å². The number of terminal acetylenes is 1. The summed E-state index contributed by atoms with van der Waals surface area (Å²) in [6.45, 7) is 0. The van der Waals surface area contributed by atoms with Crippen molar-refractivity contribution in [2.24, 2.45) is 5.73 Å². The third-order valence-corrected chi connectivity index (χ3v) is 2.30. The predicted octanol–water partition coefficient (Wildman–Crippen LogP) is 0.653. The number of ether oxygens (including phenoxy) is 1. The molecule has 4 heteroatoms. The van der Waals surface area contributed by atoms with Crippen LogP contribution >= 0.6 is 0 Å². The van der Waals surface area contributed by atoms with Gasteiger partial charge in [0.05, 0.1) is 7.11 Å². The Balaban J connectivity index is 3.04. The molecule has 1 atom stereocenters. The van der Waals surface area contributed by atoms with Crippen molar-refractivity contribution >= 4 is 5.97 Å². The molecule has 0 bridgehead atoms. The first-order chi connectivity index (χ1) is 7.53. The second kappa shape index (κ2) is 4.69. The molecule has 0 saturated carbocycles. The van der Waals surface area contributed by atoms with E-state index >= 15 is 0 Å². The third kappa shape index (κ3) is 2.33. The van der Waals surface area contributed by atoms with Crippen molar-refractivity contribution in [1.82, 2.24) is 0 Å². The standard InChI is InChI=1S/C12H13NO3/c1-3-12(13,11(14)15)8-9-6-4-5-7-10(9)16-2/h1,4-7H,8,13H2,2H3,(H,14,15)/t12-/m0/s1. The average Bonchev–Trinajstić information content (AvgIpc) is 2.29. The molecule has 1 rings (SSSR count). The first-order valence-corrected chi connectivity index (χ1v) is 4.65. The van der Waals surface area contributed by atoms with Gasteiger partial charge in [0, 0.05) is 6.42 Å². The first-order valence-electron chi connectivity index (χ1n) is 4.65. The van der Waals surface area contributed by atoms with E-state index in [0.29, 0.717) is 11.3 Å². The summed E-state index contributed by atoms with van der Waals surface area (Å²) in [7, 11) is 1.51. The van der Waals surface area contributed by atoms with Gasteiger partial charge in [0.25, 0.3) is 0 Å². The van der Waals surface area contributed by atoms with E-state index in [1.165, 1.54) is 7.11 Å². The fourth-order valence-electron chi connectivity index (χ4n) is 1.34. The maximum Gasteiger partial charge on any atom is 0.336 e. The Morgan fingerprint density at radius 1 is 1.62 bits per heavy atom. The van der Waals surface area contributed by atoms with Crippen LogP contribution in [0, 0.1) is 12.3 Å². The van der Waals surface area contributed by atoms with Gasteiger partial charge in [-0.3, -0.25) is 0 Å². The first kappa shape index (κ1) is 12.1. The van der Waals surface area contributed by atoms with Gasteiger partial charge in [-0.05, 0) is 11.6 Å². The zero-order valence-corrected chi connectivity index (χ0v) is 8.93. The quantitative estimate of drug-likeness (QED) is 0.729. The lowest BCUT2D eigenvalue weighted by atomic mass is 9.92. The van der Waals surface area contributed by atoms with Crippen LogP contribution in [0.4, 0.5) is 0 Å². The van der Waals surface area contributed by atoms with E-state index in [9.17, 15) is 4.79 Å². The van der Waals surface area contributed by atoms with E-state index < -0.39 is 11.5 Å². The molecule has 0 saturated heterocycles. The lowest BCUT2D eigenvalue weighted by molar-refractivity contribution is -0.141. The summed E-state index contributed by atoms with van der Waals surface area (Å²) >= 11 is 0. The van der Waals surface area contributed by atoms with E-state index in [1.54, 1.807) is 24.3 Å². The molecule has 0 unspecified atom stereocenters. The van der Waals surface area contributed by atoms with Gasteiger partial charge in [-0.25, -0.2) is 4.79 Å². The molecule has 0 radical (unpaired) electrons. The van der Waals surface area contributed by atoms with Gasteiger partial charge in [0.1, 0.15) is 5.75 Å². The predicted molar refractivity (Wildman–Crippen MR) is 60.1 cm³/mol. The van der Waals surface area contributed by atoms with Crippen molar-refractivity contribution in [2.75, 3.05) is 7.11 Å². The van der Waals surface area contributed by atoms with Crippen LogP contribution in [0.3, 0.4) is 0 Å². The van der Waals surface area contributed by atoms with E-state index in [1.807, 2.05) is 0 Å². The topological polar surface area (TPSA) is 72.5 Å². The second-order valence-corrected chi connectivity index (χ2v) is 3.41. The van der Waals surface area contributed by atoms with Crippen molar-refractivity contribution in [3.8, 4) is 18.1 Å². The molecule has 3 N–H and O–H groups in total. The molecule has 1 aromatic carbocycles. The Morgan fingerprint density at radius 3 is 2.75 bits per heavy atom. The molecule has 0 fully saturated rings. The number of methoxy groups -OCH3 is 1. The highest BCUT2D eigenvalue weighted by Gasteiger charge is 2.32. The van der Waals surface area contributed by atoms with Crippen LogP contribution in [0.2, 0.25) is 0 Å². The molecular formula is C12H13NO3. The van der Waals surface area contributed by atoms with Gasteiger partial charge < -0.3 is 15.6 Å². The molecule has 0 amide bonds. The van der Waals surface area contributed by atoms with Gasteiger partial charge in [0.2, 0.25) is 0 Å². The van der Waals surface area contributed by atoms with Gasteiger partial charge in [-0.2, -0.15) is 0 Å². The minimum atomic E-state index is -1.70. The average molecular weight is 219 g/mol. The number of nitrogens with two attached hydrogens (primary N) is 1. The monoisotopic (exact) mass is 219 g/mol. The Bertz CT molecular complexity index is 436. The van der Waals surface area contributed by atoms with Crippen LogP contribution in [-0.4, -0.2) is 23.7 Å². The lowest BCUT2D eigenvalue weighted by Crippen LogP contribution is -2.48. The lowest BCUT2D eigenvalue weighted by Gasteiger charge is -2.19. The number of carboxylic acids is 1. The largest absolute Gasteiger partial charge is 0.496 e. The summed E-state index contributed by atoms with van der Waals surface area (Å²) in [4.78, 5) is 10.9. The van der Waals surface area contributed by atoms with Crippen molar-refractivity contribution < 1.29 is 14.6 Å². The van der Waals surface area contributed by atoms with Gasteiger partial charge in [-0.1, -0.05) is 24.1 Å². The Morgan fingerprint density at radius 2 is 2.25 bits per heavy atom. The van der Waals surface area contributed by atoms with Crippen LogP contribution < -0.4 is 10.5 Å². The highest BCUT2D eigenvalue weighted by Crippen LogP contribution is 2.21. The molecular weight excluding hydrogens is 206 g/mol. The van der Waals surface area contributed by atoms with E-state index in [4.69, 9.17) is 22.0 Å². The minimum absolute atomic E-state index is 0.0306. The molecule has 16 heavy (non-hydrogen) atoms. The second-order valence-electron chi connectivity index (χ2n) is 3.41. The molecule has 0 aromatic heterocycles. The minimum Gasteiger partial charge on any atom is -0.496 e. The smallest absolute Gasteiger partial charge is 0.336 e. The summed E-state index contributed by atoms with van der Waals surface area (Å²) in [5.74, 6) is 1.46. The number of hydrogen-bond donors (Lipinski definition) is 2. The fourth-order valence-corrected chi connectivity index (χ4v) is 1.34. The van der Waals surface area contributed by atoms with Crippen LogP contribution in [-0.2, 0) is 11.2 Å². The van der Waals surface area contributed by atoms with Crippen molar-refractivity contribution in [2.45, 2.75) is 12.0 Å². The summed E-state index contributed by atoms with van der Waals surface area (Å²) < 4.78 is 5.10. The van der Waals surface area contributed by atoms with Crippen LogP contribution in [0.25, 0.3) is 0 Å². The van der Waals surface area contributed by atoms with Crippen LogP contribution in [0.15, 0.2) is 24.3 Å². The summed E-state index contributed by atoms with van der Waals surface area (Å²) in [6.07, 6.45) is 5.18. The maximum absolute atomic E-state index is 10.9. The number of para-hydroxylation sites is 1. The summed E-state index contributed by atoms with van der Waals surface area (Å²) in [6, 6.07) is 7.03. The molecule has 0 aliphatic carbocycles. The Labute approximate surface area is 94.0 Å².